The summed E-state index contributed by atoms with van der Waals surface area (Å²) >= 11 is 12.0. The molecular weight excluding hydrogens is 399 g/mol. The number of hydrogen-bond acceptors (Lipinski definition) is 4. The molecule has 0 unspecified atom stereocenters. The van der Waals surface area contributed by atoms with E-state index in [1.54, 1.807) is 43.3 Å². The number of ketones is 1. The second-order valence-corrected chi connectivity index (χ2v) is 6.77. The number of amides is 2. The highest BCUT2D eigenvalue weighted by atomic mass is 35.5. The van der Waals surface area contributed by atoms with E-state index in [-0.39, 0.29) is 27.4 Å². The van der Waals surface area contributed by atoms with Crippen LogP contribution in [0, 0.1) is 0 Å². The Labute approximate surface area is 174 Å². The smallest absolute Gasteiger partial charge is 0.266 e. The fraction of sp³-hybridized carbons (Fsp3) is 0.190. The third-order valence-electron chi connectivity index (χ3n) is 3.82. The Bertz CT molecular complexity index is 933. The first-order valence-electron chi connectivity index (χ1n) is 8.67. The number of benzene rings is 2. The van der Waals surface area contributed by atoms with Gasteiger partial charge in [0.1, 0.15) is 5.70 Å². The van der Waals surface area contributed by atoms with Crippen LogP contribution in [0.1, 0.15) is 44.9 Å². The van der Waals surface area contributed by atoms with E-state index < -0.39 is 17.6 Å². The van der Waals surface area contributed by atoms with Gasteiger partial charge in [-0.1, -0.05) is 49.2 Å². The number of allylic oxidation sites excluding steroid dienone is 1. The Kier molecular flexibility index (Phi) is 7.00. The summed E-state index contributed by atoms with van der Waals surface area (Å²) in [6.45, 7) is 4.00. The average molecular weight is 419 g/mol. The van der Waals surface area contributed by atoms with Crippen molar-refractivity contribution in [3.63, 3.8) is 0 Å². The molecule has 1 heterocycles. The summed E-state index contributed by atoms with van der Waals surface area (Å²) in [4.78, 5) is 41.0. The van der Waals surface area contributed by atoms with Crippen LogP contribution in [-0.4, -0.2) is 41.5 Å². The van der Waals surface area contributed by atoms with Gasteiger partial charge in [0, 0.05) is 30.9 Å². The SMILES string of the molecule is CC.CN(C)/C=C(\C(=O)c1ccc(Cl)cc1Cl)N1C(=O)c2ccccc2C1=O. The fourth-order valence-electron chi connectivity index (χ4n) is 2.68. The van der Waals surface area contributed by atoms with Gasteiger partial charge in [-0.25, -0.2) is 4.90 Å². The topological polar surface area (TPSA) is 57.7 Å². The van der Waals surface area contributed by atoms with Crippen LogP contribution in [0.3, 0.4) is 0 Å². The van der Waals surface area contributed by atoms with Crippen LogP contribution >= 0.6 is 23.2 Å². The number of nitrogens with zero attached hydrogens (tertiary/aromatic N) is 2. The molecule has 3 rings (SSSR count). The first-order valence-corrected chi connectivity index (χ1v) is 9.42. The van der Waals surface area contributed by atoms with Gasteiger partial charge in [-0.15, -0.1) is 0 Å². The van der Waals surface area contributed by atoms with Crippen molar-refractivity contribution in [3.05, 3.63) is 81.1 Å². The molecule has 1 aliphatic rings. The van der Waals surface area contributed by atoms with E-state index in [0.29, 0.717) is 5.02 Å². The highest BCUT2D eigenvalue weighted by Crippen LogP contribution is 2.30. The Balaban J connectivity index is 0.00000136. The number of imide groups is 1. The van der Waals surface area contributed by atoms with E-state index in [1.807, 2.05) is 13.8 Å². The zero-order chi connectivity index (χ0) is 21.0. The first kappa shape index (κ1) is 21.7. The Morgan fingerprint density at radius 1 is 0.964 bits per heavy atom. The minimum atomic E-state index is -0.546. The molecule has 0 spiro atoms. The molecule has 0 fully saturated rings. The van der Waals surface area contributed by atoms with E-state index in [9.17, 15) is 14.4 Å². The van der Waals surface area contributed by atoms with Gasteiger partial charge in [-0.3, -0.25) is 14.4 Å². The maximum atomic E-state index is 13.1. The molecule has 28 heavy (non-hydrogen) atoms. The van der Waals surface area contributed by atoms with Crippen molar-refractivity contribution in [1.82, 2.24) is 9.80 Å². The normalized spacial score (nSPS) is 13.1. The molecule has 7 heteroatoms. The molecule has 0 saturated heterocycles. The Morgan fingerprint density at radius 2 is 1.50 bits per heavy atom. The molecule has 0 saturated carbocycles. The lowest BCUT2D eigenvalue weighted by Crippen LogP contribution is -2.34. The minimum Gasteiger partial charge on any atom is -0.382 e. The van der Waals surface area contributed by atoms with Gasteiger partial charge in [-0.2, -0.15) is 0 Å². The van der Waals surface area contributed by atoms with Gasteiger partial charge in [0.15, 0.2) is 0 Å². The van der Waals surface area contributed by atoms with Crippen LogP contribution in [0.15, 0.2) is 54.4 Å². The second kappa shape index (κ2) is 9.04. The minimum absolute atomic E-state index is 0.0783. The summed E-state index contributed by atoms with van der Waals surface area (Å²) in [5.41, 5.74) is 0.598. The number of rotatable bonds is 4. The average Bonchev–Trinajstić information content (AvgIpc) is 2.92. The maximum absolute atomic E-state index is 13.1. The summed E-state index contributed by atoms with van der Waals surface area (Å²) in [7, 11) is 3.38. The molecule has 0 radical (unpaired) electrons. The molecule has 2 aromatic carbocycles. The zero-order valence-electron chi connectivity index (χ0n) is 16.0. The van der Waals surface area contributed by atoms with E-state index >= 15 is 0 Å². The number of carbonyl (C=O) groups excluding carboxylic acids is 3. The number of fused-ring (bicyclic) bond motifs is 1. The monoisotopic (exact) mass is 418 g/mol. The fourth-order valence-corrected chi connectivity index (χ4v) is 3.18. The van der Waals surface area contributed by atoms with Crippen LogP contribution < -0.4 is 0 Å². The Hall–Kier alpha value is -2.63. The predicted molar refractivity (Wildman–Crippen MR) is 111 cm³/mol. The summed E-state index contributed by atoms with van der Waals surface area (Å²) < 4.78 is 0. The molecule has 1 aliphatic heterocycles. The summed E-state index contributed by atoms with van der Waals surface area (Å²) in [5, 5.41) is 0.522. The number of carbonyl (C=O) groups is 3. The van der Waals surface area contributed by atoms with Crippen LogP contribution in [0.5, 0.6) is 0 Å². The van der Waals surface area contributed by atoms with Crippen molar-refractivity contribution in [1.29, 1.82) is 0 Å². The van der Waals surface area contributed by atoms with Crippen LogP contribution in [-0.2, 0) is 0 Å². The molecular formula is C21H20Cl2N2O3. The number of hydrogen-bond donors (Lipinski definition) is 0. The third kappa shape index (κ3) is 4.11. The standard InChI is InChI=1S/C19H14Cl2N2O3.C2H6/c1-22(2)10-16(17(24)14-8-7-11(20)9-15(14)21)23-18(25)12-5-3-4-6-13(12)19(23)26;1-2/h3-10H,1-2H3;1-2H3/b16-10+;. The van der Waals surface area contributed by atoms with Crippen molar-refractivity contribution in [2.45, 2.75) is 13.8 Å². The van der Waals surface area contributed by atoms with Crippen LogP contribution in [0.25, 0.3) is 0 Å². The summed E-state index contributed by atoms with van der Waals surface area (Å²) in [6.07, 6.45) is 1.43. The number of halogens is 2. The highest BCUT2D eigenvalue weighted by Gasteiger charge is 2.40. The van der Waals surface area contributed by atoms with Gasteiger partial charge in [0.2, 0.25) is 5.78 Å². The largest absolute Gasteiger partial charge is 0.382 e. The summed E-state index contributed by atoms with van der Waals surface area (Å²) in [6, 6.07) is 10.9. The molecule has 0 aromatic heterocycles. The molecule has 0 aliphatic carbocycles. The van der Waals surface area contributed by atoms with Gasteiger partial charge >= 0.3 is 0 Å². The predicted octanol–water partition coefficient (Wildman–Crippen LogP) is 4.90. The maximum Gasteiger partial charge on any atom is 0.266 e. The molecule has 2 amide bonds. The first-order chi connectivity index (χ1) is 13.3. The zero-order valence-corrected chi connectivity index (χ0v) is 17.5. The van der Waals surface area contributed by atoms with Gasteiger partial charge in [0.05, 0.1) is 16.1 Å². The van der Waals surface area contributed by atoms with E-state index in [2.05, 4.69) is 0 Å². The van der Waals surface area contributed by atoms with Gasteiger partial charge in [0.25, 0.3) is 11.8 Å². The van der Waals surface area contributed by atoms with E-state index in [4.69, 9.17) is 23.2 Å². The van der Waals surface area contributed by atoms with E-state index in [1.165, 1.54) is 24.4 Å². The van der Waals surface area contributed by atoms with Crippen molar-refractivity contribution in [3.8, 4) is 0 Å². The molecule has 0 atom stereocenters. The van der Waals surface area contributed by atoms with Crippen molar-refractivity contribution < 1.29 is 14.4 Å². The van der Waals surface area contributed by atoms with Crippen molar-refractivity contribution in [2.24, 2.45) is 0 Å². The van der Waals surface area contributed by atoms with Gasteiger partial charge < -0.3 is 4.90 Å². The lowest BCUT2D eigenvalue weighted by Gasteiger charge is -2.19. The molecule has 146 valence electrons. The third-order valence-corrected chi connectivity index (χ3v) is 4.37. The van der Waals surface area contributed by atoms with Crippen LogP contribution in [0.4, 0.5) is 0 Å². The second-order valence-electron chi connectivity index (χ2n) is 5.92. The van der Waals surface area contributed by atoms with Gasteiger partial charge in [-0.05, 0) is 30.3 Å². The Morgan fingerprint density at radius 3 is 1.96 bits per heavy atom. The lowest BCUT2D eigenvalue weighted by molar-refractivity contribution is 0.0675. The van der Waals surface area contributed by atoms with Crippen molar-refractivity contribution >= 4 is 40.8 Å². The lowest BCUT2D eigenvalue weighted by atomic mass is 10.1. The van der Waals surface area contributed by atoms with Crippen LogP contribution in [0.2, 0.25) is 10.0 Å². The van der Waals surface area contributed by atoms with Crippen molar-refractivity contribution in [2.75, 3.05) is 14.1 Å². The quantitative estimate of drug-likeness (QED) is 0.402. The summed E-state index contributed by atoms with van der Waals surface area (Å²) in [5.74, 6) is -1.64. The molecule has 0 N–H and O–H groups in total. The molecule has 0 bridgehead atoms. The molecule has 5 nitrogen and oxygen atoms in total. The number of Topliss-reactive ketones (excluding diaryl/α,β-unsaturated/α-hetero) is 1. The van der Waals surface area contributed by atoms with E-state index in [0.717, 1.165) is 4.90 Å². The highest BCUT2D eigenvalue weighted by molar-refractivity contribution is 6.38. The molecule has 2 aromatic rings.